The van der Waals surface area contributed by atoms with Crippen molar-refractivity contribution >= 4 is 17.3 Å². The smallest absolute Gasteiger partial charge is 0.292 e. The van der Waals surface area contributed by atoms with Gasteiger partial charge in [-0.2, -0.15) is 0 Å². The second kappa shape index (κ2) is 7.42. The lowest BCUT2D eigenvalue weighted by molar-refractivity contribution is -0.384. The van der Waals surface area contributed by atoms with Gasteiger partial charge in [0.25, 0.3) is 5.69 Å². The molecule has 1 atom stereocenters. The van der Waals surface area contributed by atoms with Crippen molar-refractivity contribution in [2.75, 3.05) is 18.4 Å². The van der Waals surface area contributed by atoms with Gasteiger partial charge in [0.05, 0.1) is 4.92 Å². The number of hydrogen-bond acceptors (Lipinski definition) is 4. The summed E-state index contributed by atoms with van der Waals surface area (Å²) in [6, 6.07) is 6.47. The Morgan fingerprint density at radius 2 is 2.14 bits per heavy atom. The zero-order valence-electron chi connectivity index (χ0n) is 11.7. The van der Waals surface area contributed by atoms with Gasteiger partial charge in [-0.25, -0.2) is 0 Å². The molecule has 2 rings (SSSR count). The predicted molar refractivity (Wildman–Crippen MR) is 81.1 cm³/mol. The number of hydrogen-bond donors (Lipinski definition) is 2. The molecule has 1 aliphatic rings. The van der Waals surface area contributed by atoms with E-state index in [2.05, 4.69) is 22.8 Å². The standard InChI is InChI=1S/C15H19N3O3/c19-15(11-12-5-1-2-6-12)17-10-9-16-13-7-3-4-8-14(13)18(20)21/h1,3-5,7-8,12,16H,2,6,9-11H2,(H,17,19)/t12-/m0/s1. The van der Waals surface area contributed by atoms with Crippen LogP contribution < -0.4 is 10.6 Å². The van der Waals surface area contributed by atoms with Gasteiger partial charge >= 0.3 is 0 Å². The number of rotatable bonds is 7. The molecule has 6 nitrogen and oxygen atoms in total. The number of benzene rings is 1. The maximum Gasteiger partial charge on any atom is 0.292 e. The van der Waals surface area contributed by atoms with Crippen LogP contribution in [-0.2, 0) is 4.79 Å². The molecule has 2 N–H and O–H groups in total. The minimum absolute atomic E-state index is 0.0240. The topological polar surface area (TPSA) is 84.3 Å². The Labute approximate surface area is 123 Å². The molecular formula is C15H19N3O3. The van der Waals surface area contributed by atoms with Crippen molar-refractivity contribution < 1.29 is 9.72 Å². The number of carbonyl (C=O) groups excluding carboxylic acids is 1. The number of nitrogens with one attached hydrogen (secondary N) is 2. The Kier molecular flexibility index (Phi) is 5.31. The first-order valence-corrected chi connectivity index (χ1v) is 7.07. The van der Waals surface area contributed by atoms with Crippen LogP contribution >= 0.6 is 0 Å². The van der Waals surface area contributed by atoms with Crippen molar-refractivity contribution in [1.82, 2.24) is 5.32 Å². The van der Waals surface area contributed by atoms with Crippen LogP contribution in [-0.4, -0.2) is 23.9 Å². The average molecular weight is 289 g/mol. The van der Waals surface area contributed by atoms with E-state index in [4.69, 9.17) is 0 Å². The summed E-state index contributed by atoms with van der Waals surface area (Å²) in [6.45, 7) is 0.901. The number of nitro groups is 1. The SMILES string of the molecule is O=C(C[C@H]1C=CCC1)NCCNc1ccccc1[N+](=O)[O-]. The van der Waals surface area contributed by atoms with E-state index in [0.717, 1.165) is 12.8 Å². The molecule has 0 bridgehead atoms. The Hall–Kier alpha value is -2.37. The van der Waals surface area contributed by atoms with E-state index >= 15 is 0 Å². The summed E-state index contributed by atoms with van der Waals surface area (Å²) in [4.78, 5) is 22.1. The maximum absolute atomic E-state index is 11.7. The highest BCUT2D eigenvalue weighted by molar-refractivity contribution is 5.76. The van der Waals surface area contributed by atoms with E-state index in [0.29, 0.717) is 31.1 Å². The molecule has 6 heteroatoms. The Morgan fingerprint density at radius 1 is 1.33 bits per heavy atom. The summed E-state index contributed by atoms with van der Waals surface area (Å²) < 4.78 is 0. The lowest BCUT2D eigenvalue weighted by atomic mass is 10.1. The first-order valence-electron chi connectivity index (χ1n) is 7.07. The van der Waals surface area contributed by atoms with E-state index in [-0.39, 0.29) is 11.6 Å². The molecule has 1 aromatic rings. The highest BCUT2D eigenvalue weighted by Gasteiger charge is 2.14. The van der Waals surface area contributed by atoms with Crippen molar-refractivity contribution in [3.63, 3.8) is 0 Å². The predicted octanol–water partition coefficient (Wildman–Crippen LogP) is 2.48. The highest BCUT2D eigenvalue weighted by atomic mass is 16.6. The Bertz CT molecular complexity index is 543. The molecule has 0 aliphatic heterocycles. The van der Waals surface area contributed by atoms with Gasteiger partial charge in [0.2, 0.25) is 5.91 Å². The van der Waals surface area contributed by atoms with Crippen LogP contribution in [0.1, 0.15) is 19.3 Å². The van der Waals surface area contributed by atoms with Crippen LogP contribution in [0.15, 0.2) is 36.4 Å². The molecule has 0 saturated heterocycles. The quantitative estimate of drug-likeness (QED) is 0.349. The van der Waals surface area contributed by atoms with Crippen molar-refractivity contribution in [3.05, 3.63) is 46.5 Å². The van der Waals surface area contributed by atoms with E-state index < -0.39 is 4.92 Å². The van der Waals surface area contributed by atoms with Gasteiger partial charge in [0.15, 0.2) is 0 Å². The number of allylic oxidation sites excluding steroid dienone is 2. The third-order valence-corrected chi connectivity index (χ3v) is 3.42. The van der Waals surface area contributed by atoms with Gasteiger partial charge in [0, 0.05) is 25.6 Å². The molecule has 0 saturated carbocycles. The number of anilines is 1. The second-order valence-electron chi connectivity index (χ2n) is 5.02. The molecule has 0 aromatic heterocycles. The Morgan fingerprint density at radius 3 is 2.86 bits per heavy atom. The summed E-state index contributed by atoms with van der Waals surface area (Å²) in [7, 11) is 0. The molecule has 0 heterocycles. The van der Waals surface area contributed by atoms with Gasteiger partial charge in [0.1, 0.15) is 5.69 Å². The van der Waals surface area contributed by atoms with E-state index in [9.17, 15) is 14.9 Å². The van der Waals surface area contributed by atoms with E-state index in [1.165, 1.54) is 6.07 Å². The maximum atomic E-state index is 11.7. The van der Waals surface area contributed by atoms with Gasteiger partial charge in [-0.1, -0.05) is 24.3 Å². The van der Waals surface area contributed by atoms with Crippen molar-refractivity contribution in [2.45, 2.75) is 19.3 Å². The molecule has 0 spiro atoms. The van der Waals surface area contributed by atoms with Crippen molar-refractivity contribution in [3.8, 4) is 0 Å². The minimum atomic E-state index is -0.423. The number of nitro benzene ring substituents is 1. The first-order chi connectivity index (χ1) is 10.2. The molecule has 1 aliphatic carbocycles. The zero-order chi connectivity index (χ0) is 15.1. The molecular weight excluding hydrogens is 270 g/mol. The number of nitrogens with zero attached hydrogens (tertiary/aromatic N) is 1. The highest BCUT2D eigenvalue weighted by Crippen LogP contribution is 2.22. The third-order valence-electron chi connectivity index (χ3n) is 3.42. The average Bonchev–Trinajstić information content (AvgIpc) is 2.96. The van der Waals surface area contributed by atoms with Gasteiger partial charge in [-0.3, -0.25) is 14.9 Å². The fourth-order valence-electron chi connectivity index (χ4n) is 2.36. The summed E-state index contributed by atoms with van der Waals surface area (Å²) in [5.74, 6) is 0.379. The van der Waals surface area contributed by atoms with Crippen molar-refractivity contribution in [2.24, 2.45) is 5.92 Å². The molecule has 21 heavy (non-hydrogen) atoms. The molecule has 0 radical (unpaired) electrons. The molecule has 0 fully saturated rings. The van der Waals surface area contributed by atoms with Crippen LogP contribution in [0.2, 0.25) is 0 Å². The number of carbonyl (C=O) groups is 1. The number of amides is 1. The summed E-state index contributed by atoms with van der Waals surface area (Å²) in [5, 5.41) is 16.6. The van der Waals surface area contributed by atoms with Crippen LogP contribution in [0.25, 0.3) is 0 Å². The van der Waals surface area contributed by atoms with Crippen LogP contribution in [0.3, 0.4) is 0 Å². The van der Waals surface area contributed by atoms with E-state index in [1.54, 1.807) is 18.2 Å². The monoisotopic (exact) mass is 289 g/mol. The zero-order valence-corrected chi connectivity index (χ0v) is 11.7. The molecule has 1 amide bonds. The number of para-hydroxylation sites is 2. The molecule has 112 valence electrons. The fourth-order valence-corrected chi connectivity index (χ4v) is 2.36. The summed E-state index contributed by atoms with van der Waals surface area (Å²) >= 11 is 0. The fraction of sp³-hybridized carbons (Fsp3) is 0.400. The molecule has 1 aromatic carbocycles. The molecule has 0 unspecified atom stereocenters. The minimum Gasteiger partial charge on any atom is -0.378 e. The summed E-state index contributed by atoms with van der Waals surface area (Å²) in [6.07, 6.45) is 6.81. The second-order valence-corrected chi connectivity index (χ2v) is 5.02. The lowest BCUT2D eigenvalue weighted by Crippen LogP contribution is -2.29. The lowest BCUT2D eigenvalue weighted by Gasteiger charge is -2.10. The van der Waals surface area contributed by atoms with Crippen LogP contribution in [0.5, 0.6) is 0 Å². The van der Waals surface area contributed by atoms with Crippen molar-refractivity contribution in [1.29, 1.82) is 0 Å². The van der Waals surface area contributed by atoms with Gasteiger partial charge in [-0.15, -0.1) is 0 Å². The summed E-state index contributed by atoms with van der Waals surface area (Å²) in [5.41, 5.74) is 0.510. The van der Waals surface area contributed by atoms with Gasteiger partial charge in [-0.05, 0) is 24.8 Å². The Balaban J connectivity index is 1.71. The van der Waals surface area contributed by atoms with Gasteiger partial charge < -0.3 is 10.6 Å². The third kappa shape index (κ3) is 4.59. The normalized spacial score (nSPS) is 16.7. The van der Waals surface area contributed by atoms with Crippen LogP contribution in [0, 0.1) is 16.0 Å². The van der Waals surface area contributed by atoms with Crippen LogP contribution in [0.4, 0.5) is 11.4 Å². The first kappa shape index (κ1) is 15.0. The largest absolute Gasteiger partial charge is 0.378 e. The van der Waals surface area contributed by atoms with E-state index in [1.807, 2.05) is 0 Å².